The topological polar surface area (TPSA) is 214 Å². The van der Waals surface area contributed by atoms with Gasteiger partial charge in [-0.15, -0.1) is 22.7 Å². The van der Waals surface area contributed by atoms with Crippen LogP contribution in [0.1, 0.15) is 21.0 Å². The Morgan fingerprint density at radius 3 is 1.60 bits per heavy atom. The van der Waals surface area contributed by atoms with E-state index in [9.17, 15) is 29.7 Å². The van der Waals surface area contributed by atoms with Crippen molar-refractivity contribution in [2.75, 3.05) is 0 Å². The number of fused-ring (bicyclic) bond motifs is 2. The molecule has 0 saturated heterocycles. The summed E-state index contributed by atoms with van der Waals surface area (Å²) in [6.45, 7) is 0. The number of aromatic hydroxyl groups is 2. The van der Waals surface area contributed by atoms with Crippen molar-refractivity contribution >= 4 is 60.9 Å². The normalized spacial score (nSPS) is 11.3. The maximum absolute atomic E-state index is 12.9. The van der Waals surface area contributed by atoms with Gasteiger partial charge in [-0.2, -0.15) is 0 Å². The molecule has 0 spiro atoms. The van der Waals surface area contributed by atoms with Crippen molar-refractivity contribution in [1.82, 2.24) is 30.6 Å². The van der Waals surface area contributed by atoms with Crippen LogP contribution in [0.5, 0.6) is 11.5 Å². The Bertz CT molecular complexity index is 1780. The molecule has 14 nitrogen and oxygen atoms in total. The minimum Gasteiger partial charge on any atom is -0.504 e. The lowest BCUT2D eigenvalue weighted by molar-refractivity contribution is -0.139. The first-order valence-corrected chi connectivity index (χ1v) is 12.8. The number of pyridine rings is 2. The van der Waals surface area contributed by atoms with Crippen molar-refractivity contribution in [3.05, 3.63) is 60.6 Å². The molecule has 6 rings (SSSR count). The summed E-state index contributed by atoms with van der Waals surface area (Å²) >= 11 is 2.09. The number of nitrogens with one attached hydrogen (secondary N) is 2. The smallest absolute Gasteiger partial charge is 0.347 e. The number of furan rings is 2. The van der Waals surface area contributed by atoms with E-state index in [1.807, 2.05) is 0 Å². The Labute approximate surface area is 229 Å². The molecule has 16 heteroatoms. The summed E-state index contributed by atoms with van der Waals surface area (Å²) in [6.07, 6.45) is 3.44. The molecule has 0 aliphatic carbocycles. The highest BCUT2D eigenvalue weighted by Gasteiger charge is 2.29. The van der Waals surface area contributed by atoms with Crippen molar-refractivity contribution in [3.63, 3.8) is 0 Å². The number of amides is 2. The van der Waals surface area contributed by atoms with Gasteiger partial charge in [0.25, 0.3) is 11.8 Å². The lowest BCUT2D eigenvalue weighted by Crippen LogP contribution is -2.53. The number of rotatable bonds is 7. The van der Waals surface area contributed by atoms with Gasteiger partial charge in [-0.1, -0.05) is 0 Å². The number of aromatic nitrogens is 4. The predicted octanol–water partition coefficient (Wildman–Crippen LogP) is 3.20. The molecule has 6 heterocycles. The van der Waals surface area contributed by atoms with Crippen LogP contribution in [0.15, 0.2) is 58.0 Å². The van der Waals surface area contributed by atoms with E-state index in [2.05, 4.69) is 30.6 Å². The summed E-state index contributed by atoms with van der Waals surface area (Å²) < 4.78 is 11.1. The van der Waals surface area contributed by atoms with Crippen molar-refractivity contribution in [3.8, 4) is 33.0 Å². The van der Waals surface area contributed by atoms with Crippen LogP contribution in [-0.2, 0) is 4.79 Å². The fourth-order valence-corrected chi connectivity index (χ4v) is 5.57. The molecule has 6 aromatic rings. The number of carboxylic acid groups (broad SMARTS) is 1. The van der Waals surface area contributed by atoms with E-state index < -0.39 is 46.8 Å². The SMILES string of the molecule is O=C(NC(NC(=O)c1ncc2nc(-c3ccco3)sc2c1O)C(=O)O)c1ncc2nc(-c3ccco3)sc2c1O. The summed E-state index contributed by atoms with van der Waals surface area (Å²) in [5.41, 5.74) is -0.382. The maximum Gasteiger partial charge on any atom is 0.347 e. The number of hydrogen-bond acceptors (Lipinski definition) is 13. The zero-order valence-electron chi connectivity index (χ0n) is 19.7. The molecule has 0 aromatic carbocycles. The Kier molecular flexibility index (Phi) is 6.08. The number of carbonyl (C=O) groups is 3. The Morgan fingerprint density at radius 2 is 1.23 bits per heavy atom. The molecular formula is C24H14N6O8S2. The third-order valence-electron chi connectivity index (χ3n) is 5.51. The highest BCUT2D eigenvalue weighted by molar-refractivity contribution is 7.22. The predicted molar refractivity (Wildman–Crippen MR) is 140 cm³/mol. The molecule has 5 N–H and O–H groups in total. The maximum atomic E-state index is 12.9. The first kappa shape index (κ1) is 25.0. The quantitative estimate of drug-likeness (QED) is 0.173. The monoisotopic (exact) mass is 578 g/mol. The fraction of sp³-hybridized carbons (Fsp3) is 0.0417. The third kappa shape index (κ3) is 4.36. The van der Waals surface area contributed by atoms with Gasteiger partial charge in [0.1, 0.15) is 20.4 Å². The van der Waals surface area contributed by atoms with Gasteiger partial charge in [0, 0.05) is 0 Å². The van der Waals surface area contributed by atoms with E-state index in [-0.39, 0.29) is 9.40 Å². The second-order valence-corrected chi connectivity index (χ2v) is 10.0. The Morgan fingerprint density at radius 1 is 0.775 bits per heavy atom. The van der Waals surface area contributed by atoms with Gasteiger partial charge in [0.2, 0.25) is 6.17 Å². The van der Waals surface area contributed by atoms with Crippen LogP contribution < -0.4 is 10.6 Å². The molecule has 6 aromatic heterocycles. The van der Waals surface area contributed by atoms with Crippen molar-refractivity contribution < 1.29 is 38.5 Å². The summed E-state index contributed by atoms with van der Waals surface area (Å²) in [7, 11) is 0. The average molecular weight is 579 g/mol. The minimum absolute atomic E-state index is 0.225. The second kappa shape index (κ2) is 9.75. The standard InChI is InChI=1S/C24H14N6O8S2/c31-15-13(25-7-9-17(15)39-22(27-9)11-3-1-5-37-11)20(33)29-19(24(35)36)30-21(34)14-16(32)18-10(8-26-14)28-23(40-18)12-4-2-6-38-12/h1-8,19,31-32H,(H,29,33)(H,30,34)(H,35,36). The van der Waals surface area contributed by atoms with Gasteiger partial charge in [-0.05, 0) is 24.3 Å². The first-order chi connectivity index (χ1) is 19.3. The zero-order chi connectivity index (χ0) is 28.0. The Hall–Kier alpha value is -5.35. The first-order valence-electron chi connectivity index (χ1n) is 11.2. The molecule has 0 unspecified atom stereocenters. The van der Waals surface area contributed by atoms with Crippen molar-refractivity contribution in [1.29, 1.82) is 0 Å². The van der Waals surface area contributed by atoms with Gasteiger partial charge in [-0.3, -0.25) is 9.59 Å². The van der Waals surface area contributed by atoms with E-state index in [4.69, 9.17) is 8.83 Å². The van der Waals surface area contributed by atoms with Crippen LogP contribution in [0, 0.1) is 0 Å². The van der Waals surface area contributed by atoms with E-state index >= 15 is 0 Å². The molecule has 0 saturated carbocycles. The van der Waals surface area contributed by atoms with Gasteiger partial charge in [0.15, 0.2) is 44.4 Å². The highest BCUT2D eigenvalue weighted by atomic mass is 32.1. The molecule has 0 bridgehead atoms. The third-order valence-corrected chi connectivity index (χ3v) is 7.69. The summed E-state index contributed by atoms with van der Waals surface area (Å²) in [5.74, 6) is -3.95. The number of hydrogen-bond donors (Lipinski definition) is 5. The zero-order valence-corrected chi connectivity index (χ0v) is 21.3. The van der Waals surface area contributed by atoms with Crippen LogP contribution in [0.25, 0.3) is 42.0 Å². The number of thiazole rings is 2. The molecule has 2 amide bonds. The largest absolute Gasteiger partial charge is 0.504 e. The van der Waals surface area contributed by atoms with Crippen molar-refractivity contribution in [2.45, 2.75) is 6.17 Å². The van der Waals surface area contributed by atoms with Crippen LogP contribution in [0.4, 0.5) is 0 Å². The van der Waals surface area contributed by atoms with Crippen molar-refractivity contribution in [2.24, 2.45) is 0 Å². The number of carboxylic acids is 1. The fourth-order valence-electron chi connectivity index (χ4n) is 3.67. The molecule has 0 radical (unpaired) electrons. The van der Waals surface area contributed by atoms with Gasteiger partial charge in [0.05, 0.1) is 24.9 Å². The number of carbonyl (C=O) groups excluding carboxylic acids is 2. The van der Waals surface area contributed by atoms with E-state index in [1.54, 1.807) is 24.3 Å². The lowest BCUT2D eigenvalue weighted by Gasteiger charge is -2.16. The minimum atomic E-state index is -1.96. The van der Waals surface area contributed by atoms with E-state index in [0.29, 0.717) is 32.6 Å². The second-order valence-electron chi connectivity index (χ2n) is 8.05. The van der Waals surface area contributed by atoms with Crippen LogP contribution in [-0.4, -0.2) is 59.2 Å². The average Bonchev–Trinajstić information content (AvgIpc) is 3.73. The number of aliphatic carboxylic acids is 1. The van der Waals surface area contributed by atoms with Crippen LogP contribution >= 0.6 is 22.7 Å². The van der Waals surface area contributed by atoms with Gasteiger partial charge >= 0.3 is 5.97 Å². The Balaban J connectivity index is 1.23. The van der Waals surface area contributed by atoms with Crippen LogP contribution in [0.3, 0.4) is 0 Å². The van der Waals surface area contributed by atoms with E-state index in [1.165, 1.54) is 24.9 Å². The lowest BCUT2D eigenvalue weighted by atomic mass is 10.2. The molecule has 200 valence electrons. The molecule has 0 fully saturated rings. The summed E-state index contributed by atoms with van der Waals surface area (Å²) in [4.78, 5) is 54.0. The molecular weight excluding hydrogens is 564 g/mol. The van der Waals surface area contributed by atoms with E-state index in [0.717, 1.165) is 22.7 Å². The molecule has 0 aliphatic rings. The molecule has 0 atom stereocenters. The molecule has 40 heavy (non-hydrogen) atoms. The number of nitrogens with zero attached hydrogens (tertiary/aromatic N) is 4. The van der Waals surface area contributed by atoms with Gasteiger partial charge in [-0.25, -0.2) is 24.7 Å². The highest BCUT2D eigenvalue weighted by Crippen LogP contribution is 2.38. The van der Waals surface area contributed by atoms with Crippen LogP contribution in [0.2, 0.25) is 0 Å². The van der Waals surface area contributed by atoms with Gasteiger partial charge < -0.3 is 34.8 Å². The summed E-state index contributed by atoms with van der Waals surface area (Å²) in [6, 6.07) is 6.68. The summed E-state index contributed by atoms with van der Waals surface area (Å²) in [5, 5.41) is 36.0. The molecule has 0 aliphatic heterocycles.